The molecule has 0 radical (unpaired) electrons. The summed E-state index contributed by atoms with van der Waals surface area (Å²) < 4.78 is 31.0. The number of nitrogens with zero attached hydrogens (tertiary/aromatic N) is 3. The Labute approximate surface area is 131 Å². The Bertz CT molecular complexity index is 547. The van der Waals surface area contributed by atoms with Crippen molar-refractivity contribution in [2.75, 3.05) is 45.8 Å². The average Bonchev–Trinajstić information content (AvgIpc) is 3.01. The first kappa shape index (κ1) is 15.9. The second kappa shape index (κ2) is 7.08. The number of aromatic nitrogens is 1. The molecule has 124 valence electrons. The Morgan fingerprint density at radius 3 is 2.59 bits per heavy atom. The van der Waals surface area contributed by atoms with Crippen LogP contribution in [0.15, 0.2) is 16.9 Å². The molecule has 1 N–H and O–H groups in total. The van der Waals surface area contributed by atoms with Crippen molar-refractivity contribution in [1.29, 1.82) is 0 Å². The fraction of sp³-hybridized carbons (Fsp3) is 0.786. The molecule has 3 rings (SSSR count). The first-order chi connectivity index (χ1) is 10.6. The minimum atomic E-state index is -3.29. The third kappa shape index (κ3) is 4.07. The molecular weight excluding hydrogens is 304 g/mol. The monoisotopic (exact) mass is 328 g/mol. The van der Waals surface area contributed by atoms with Crippen LogP contribution in [0.1, 0.15) is 18.5 Å². The van der Waals surface area contributed by atoms with Gasteiger partial charge in [-0.15, -0.1) is 0 Å². The molecule has 1 aromatic rings. The van der Waals surface area contributed by atoms with Gasteiger partial charge in [-0.05, 0) is 31.8 Å². The van der Waals surface area contributed by atoms with Crippen molar-refractivity contribution in [3.63, 3.8) is 0 Å². The molecule has 0 bridgehead atoms. The van der Waals surface area contributed by atoms with Gasteiger partial charge in [0.15, 0.2) is 0 Å². The molecule has 0 aliphatic carbocycles. The summed E-state index contributed by atoms with van der Waals surface area (Å²) in [6.45, 7) is 6.10. The lowest BCUT2D eigenvalue weighted by atomic mass is 9.97. The molecule has 0 atom stereocenters. The number of piperidine rings is 1. The molecule has 22 heavy (non-hydrogen) atoms. The third-order valence-electron chi connectivity index (χ3n) is 4.52. The van der Waals surface area contributed by atoms with E-state index in [0.29, 0.717) is 18.8 Å². The zero-order valence-corrected chi connectivity index (χ0v) is 13.6. The Hall–Kier alpha value is -0.960. The van der Waals surface area contributed by atoms with Crippen molar-refractivity contribution >= 4 is 10.0 Å². The van der Waals surface area contributed by atoms with E-state index in [-0.39, 0.29) is 5.75 Å². The Morgan fingerprint density at radius 2 is 1.95 bits per heavy atom. The minimum absolute atomic E-state index is 0.0716. The van der Waals surface area contributed by atoms with Crippen LogP contribution in [0.3, 0.4) is 0 Å². The van der Waals surface area contributed by atoms with Crippen LogP contribution in [0.2, 0.25) is 0 Å². The molecule has 2 aliphatic rings. The van der Waals surface area contributed by atoms with Crippen LogP contribution >= 0.6 is 0 Å². The van der Waals surface area contributed by atoms with Gasteiger partial charge < -0.3 is 14.7 Å². The fourth-order valence-corrected chi connectivity index (χ4v) is 4.63. The largest absolute Gasteiger partial charge is 0.364 e. The van der Waals surface area contributed by atoms with Gasteiger partial charge in [-0.25, -0.2) is 8.42 Å². The molecule has 0 spiro atoms. The standard InChI is InChI=1S/C14H24N4O3S/c19-22(20,12-14-3-10-21-16-14)18-8-6-17(7-9-18)11-13-1-4-15-5-2-13/h3,10,13,15H,1-2,4-9,11-12H2. The second-order valence-electron chi connectivity index (χ2n) is 6.14. The van der Waals surface area contributed by atoms with Crippen molar-refractivity contribution < 1.29 is 12.9 Å². The summed E-state index contributed by atoms with van der Waals surface area (Å²) in [5.74, 6) is 0.678. The van der Waals surface area contributed by atoms with Crippen molar-refractivity contribution in [3.8, 4) is 0 Å². The Balaban J connectivity index is 1.48. The maximum Gasteiger partial charge on any atom is 0.220 e. The molecule has 0 unspecified atom stereocenters. The van der Waals surface area contributed by atoms with E-state index in [0.717, 1.165) is 38.6 Å². The molecule has 3 heterocycles. The van der Waals surface area contributed by atoms with E-state index in [1.165, 1.54) is 19.1 Å². The number of sulfonamides is 1. The van der Waals surface area contributed by atoms with E-state index in [4.69, 9.17) is 4.52 Å². The Morgan fingerprint density at radius 1 is 1.23 bits per heavy atom. The van der Waals surface area contributed by atoms with E-state index in [1.54, 1.807) is 10.4 Å². The molecule has 7 nitrogen and oxygen atoms in total. The van der Waals surface area contributed by atoms with Crippen molar-refractivity contribution in [2.45, 2.75) is 18.6 Å². The summed E-state index contributed by atoms with van der Waals surface area (Å²) in [7, 11) is -3.29. The van der Waals surface area contributed by atoms with E-state index in [1.807, 2.05) is 0 Å². The lowest BCUT2D eigenvalue weighted by molar-refractivity contribution is 0.152. The predicted molar refractivity (Wildman–Crippen MR) is 82.7 cm³/mol. The maximum absolute atomic E-state index is 12.4. The Kier molecular flexibility index (Phi) is 5.12. The van der Waals surface area contributed by atoms with Gasteiger partial charge in [0.2, 0.25) is 10.0 Å². The van der Waals surface area contributed by atoms with Crippen molar-refractivity contribution in [1.82, 2.24) is 19.7 Å². The minimum Gasteiger partial charge on any atom is -0.364 e. The number of piperazine rings is 1. The SMILES string of the molecule is O=S(=O)(Cc1ccon1)N1CCN(CC2CCNCC2)CC1. The predicted octanol–water partition coefficient (Wildman–Crippen LogP) is 0.122. The van der Waals surface area contributed by atoms with Gasteiger partial charge in [-0.2, -0.15) is 4.31 Å². The zero-order chi connectivity index (χ0) is 15.4. The highest BCUT2D eigenvalue weighted by molar-refractivity contribution is 7.88. The summed E-state index contributed by atoms with van der Waals surface area (Å²) in [4.78, 5) is 2.40. The van der Waals surface area contributed by atoms with Gasteiger partial charge in [0.25, 0.3) is 0 Å². The number of hydrogen-bond donors (Lipinski definition) is 1. The van der Waals surface area contributed by atoms with Gasteiger partial charge in [-0.1, -0.05) is 5.16 Å². The molecule has 2 fully saturated rings. The van der Waals surface area contributed by atoms with Crippen molar-refractivity contribution in [2.24, 2.45) is 5.92 Å². The highest BCUT2D eigenvalue weighted by Gasteiger charge is 2.28. The van der Waals surface area contributed by atoms with E-state index in [2.05, 4.69) is 15.4 Å². The van der Waals surface area contributed by atoms with E-state index in [9.17, 15) is 8.42 Å². The van der Waals surface area contributed by atoms with E-state index >= 15 is 0 Å². The quantitative estimate of drug-likeness (QED) is 0.827. The summed E-state index contributed by atoms with van der Waals surface area (Å²) in [6.07, 6.45) is 3.86. The summed E-state index contributed by atoms with van der Waals surface area (Å²) in [5.41, 5.74) is 0.470. The van der Waals surface area contributed by atoms with Gasteiger partial charge in [-0.3, -0.25) is 0 Å². The molecule has 2 saturated heterocycles. The first-order valence-electron chi connectivity index (χ1n) is 7.94. The van der Waals surface area contributed by atoms with Crippen LogP contribution in [-0.2, 0) is 15.8 Å². The molecule has 0 aromatic carbocycles. The van der Waals surface area contributed by atoms with Gasteiger partial charge in [0, 0.05) is 38.8 Å². The van der Waals surface area contributed by atoms with Gasteiger partial charge in [0.05, 0.1) is 5.69 Å². The number of hydrogen-bond acceptors (Lipinski definition) is 6. The first-order valence-corrected chi connectivity index (χ1v) is 9.54. The lowest BCUT2D eigenvalue weighted by Gasteiger charge is -2.36. The second-order valence-corrected chi connectivity index (χ2v) is 8.11. The van der Waals surface area contributed by atoms with Crippen LogP contribution in [0.25, 0.3) is 0 Å². The normalized spacial score (nSPS) is 22.9. The maximum atomic E-state index is 12.4. The molecule has 1 aromatic heterocycles. The molecule has 0 amide bonds. The van der Waals surface area contributed by atoms with Crippen LogP contribution in [-0.4, -0.2) is 68.6 Å². The lowest BCUT2D eigenvalue weighted by Crippen LogP contribution is -2.50. The van der Waals surface area contributed by atoms with Crippen LogP contribution in [0.4, 0.5) is 0 Å². The number of nitrogens with one attached hydrogen (secondary N) is 1. The van der Waals surface area contributed by atoms with Crippen LogP contribution < -0.4 is 5.32 Å². The highest BCUT2D eigenvalue weighted by Crippen LogP contribution is 2.17. The zero-order valence-electron chi connectivity index (χ0n) is 12.8. The van der Waals surface area contributed by atoms with Crippen LogP contribution in [0, 0.1) is 5.92 Å². The summed E-state index contributed by atoms with van der Waals surface area (Å²) in [5, 5.41) is 7.07. The highest BCUT2D eigenvalue weighted by atomic mass is 32.2. The number of rotatable bonds is 5. The smallest absolute Gasteiger partial charge is 0.220 e. The third-order valence-corrected chi connectivity index (χ3v) is 6.33. The van der Waals surface area contributed by atoms with Crippen molar-refractivity contribution in [3.05, 3.63) is 18.0 Å². The van der Waals surface area contributed by atoms with E-state index < -0.39 is 10.0 Å². The van der Waals surface area contributed by atoms with Gasteiger partial charge >= 0.3 is 0 Å². The molecule has 8 heteroatoms. The fourth-order valence-electron chi connectivity index (χ4n) is 3.21. The topological polar surface area (TPSA) is 78.7 Å². The summed E-state index contributed by atoms with van der Waals surface area (Å²) in [6, 6.07) is 1.60. The summed E-state index contributed by atoms with van der Waals surface area (Å²) >= 11 is 0. The average molecular weight is 328 g/mol. The molecule has 0 saturated carbocycles. The van der Waals surface area contributed by atoms with Crippen LogP contribution in [0.5, 0.6) is 0 Å². The molecule has 2 aliphatic heterocycles. The van der Waals surface area contributed by atoms with Gasteiger partial charge in [0.1, 0.15) is 12.0 Å². The molecular formula is C14H24N4O3S.